The number of rotatable bonds is 5. The summed E-state index contributed by atoms with van der Waals surface area (Å²) in [5, 5.41) is 3.29. The first-order valence-electron chi connectivity index (χ1n) is 9.95. The number of hydrogen-bond acceptors (Lipinski definition) is 4. The number of methoxy groups -OCH3 is 2. The van der Waals surface area contributed by atoms with E-state index in [2.05, 4.69) is 35.3 Å². The van der Waals surface area contributed by atoms with Gasteiger partial charge in [-0.2, -0.15) is 0 Å². The SMILES string of the molecule is COc1cc2c(cc1OC)C(c1ccccc1)N(C(=O)C(C)C1CNC1)CC2.Cl. The average Bonchev–Trinajstić information content (AvgIpc) is 2.70. The van der Waals surface area contributed by atoms with Gasteiger partial charge in [0.05, 0.1) is 20.3 Å². The Balaban J connectivity index is 0.00000240. The zero-order valence-electron chi connectivity index (χ0n) is 17.2. The third-order valence-electron chi connectivity index (χ3n) is 6.18. The third kappa shape index (κ3) is 3.94. The molecule has 2 aromatic rings. The number of nitrogens with one attached hydrogen (secondary N) is 1. The van der Waals surface area contributed by atoms with Crippen LogP contribution in [0.4, 0.5) is 0 Å². The highest BCUT2D eigenvalue weighted by Gasteiger charge is 2.38. The van der Waals surface area contributed by atoms with Gasteiger partial charge in [0, 0.05) is 12.5 Å². The predicted molar refractivity (Wildman–Crippen MR) is 116 cm³/mol. The first kappa shape index (κ1) is 21.5. The second-order valence-electron chi connectivity index (χ2n) is 7.71. The minimum absolute atomic E-state index is 0. The monoisotopic (exact) mass is 416 g/mol. The molecule has 4 rings (SSSR count). The molecule has 0 saturated carbocycles. The average molecular weight is 417 g/mol. The molecule has 1 saturated heterocycles. The van der Waals surface area contributed by atoms with Crippen molar-refractivity contribution in [3.63, 3.8) is 0 Å². The van der Waals surface area contributed by atoms with Gasteiger partial charge in [0.1, 0.15) is 0 Å². The van der Waals surface area contributed by atoms with Crippen LogP contribution in [0, 0.1) is 11.8 Å². The van der Waals surface area contributed by atoms with Crippen LogP contribution in [0.1, 0.15) is 29.7 Å². The minimum atomic E-state index is -0.104. The standard InChI is InChI=1S/C23H28N2O3.ClH/c1-15(18-13-24-14-18)23(26)25-10-9-17-11-20(27-2)21(28-3)12-19(17)22(25)16-7-5-4-6-8-16;/h4-8,11-12,15,18,22,24H,9-10,13-14H2,1-3H3;1H. The van der Waals surface area contributed by atoms with E-state index in [1.54, 1.807) is 14.2 Å². The lowest BCUT2D eigenvalue weighted by molar-refractivity contribution is -0.139. The molecule has 0 radical (unpaired) electrons. The van der Waals surface area contributed by atoms with Crippen LogP contribution in [0.25, 0.3) is 0 Å². The van der Waals surface area contributed by atoms with Crippen LogP contribution in [-0.2, 0) is 11.2 Å². The minimum Gasteiger partial charge on any atom is -0.493 e. The van der Waals surface area contributed by atoms with Crippen molar-refractivity contribution in [1.82, 2.24) is 10.2 Å². The smallest absolute Gasteiger partial charge is 0.226 e. The van der Waals surface area contributed by atoms with Crippen LogP contribution in [0.5, 0.6) is 11.5 Å². The summed E-state index contributed by atoms with van der Waals surface area (Å²) in [5.41, 5.74) is 3.47. The Kier molecular flexibility index (Phi) is 6.70. The zero-order valence-corrected chi connectivity index (χ0v) is 18.0. The Morgan fingerprint density at radius 2 is 1.76 bits per heavy atom. The normalized spacial score (nSPS) is 19.4. The topological polar surface area (TPSA) is 50.8 Å². The maximum Gasteiger partial charge on any atom is 0.226 e. The van der Waals surface area contributed by atoms with Gasteiger partial charge in [-0.3, -0.25) is 4.79 Å². The van der Waals surface area contributed by atoms with E-state index < -0.39 is 0 Å². The Bertz CT molecular complexity index is 855. The molecule has 0 spiro atoms. The Morgan fingerprint density at radius 1 is 1.10 bits per heavy atom. The van der Waals surface area contributed by atoms with Crippen molar-refractivity contribution in [3.8, 4) is 11.5 Å². The molecule has 2 aliphatic heterocycles. The summed E-state index contributed by atoms with van der Waals surface area (Å²) in [6.45, 7) is 4.64. The number of halogens is 1. The number of carbonyl (C=O) groups is 1. The van der Waals surface area contributed by atoms with Crippen LogP contribution in [-0.4, -0.2) is 44.7 Å². The number of amides is 1. The van der Waals surface area contributed by atoms with Gasteiger partial charge in [-0.15, -0.1) is 12.4 Å². The predicted octanol–water partition coefficient (Wildman–Crippen LogP) is 3.46. The molecule has 5 nitrogen and oxygen atoms in total. The Labute approximate surface area is 178 Å². The number of fused-ring (bicyclic) bond motifs is 1. The van der Waals surface area contributed by atoms with Crippen molar-refractivity contribution >= 4 is 18.3 Å². The fourth-order valence-corrected chi connectivity index (χ4v) is 4.31. The van der Waals surface area contributed by atoms with Crippen molar-refractivity contribution in [3.05, 3.63) is 59.2 Å². The molecule has 2 heterocycles. The maximum atomic E-state index is 13.4. The van der Waals surface area contributed by atoms with Gasteiger partial charge in [-0.05, 0) is 54.3 Å². The summed E-state index contributed by atoms with van der Waals surface area (Å²) < 4.78 is 11.1. The fraction of sp³-hybridized carbons (Fsp3) is 0.435. The van der Waals surface area contributed by atoms with E-state index in [1.165, 1.54) is 5.56 Å². The molecular weight excluding hydrogens is 388 g/mol. The number of carbonyl (C=O) groups excluding carboxylic acids is 1. The van der Waals surface area contributed by atoms with E-state index in [-0.39, 0.29) is 30.3 Å². The largest absolute Gasteiger partial charge is 0.493 e. The molecule has 0 bridgehead atoms. The van der Waals surface area contributed by atoms with Crippen LogP contribution >= 0.6 is 12.4 Å². The lowest BCUT2D eigenvalue weighted by Gasteiger charge is -2.42. The molecule has 2 atom stereocenters. The molecule has 156 valence electrons. The molecule has 2 aromatic carbocycles. The summed E-state index contributed by atoms with van der Waals surface area (Å²) in [4.78, 5) is 15.5. The molecule has 0 aromatic heterocycles. The highest BCUT2D eigenvalue weighted by atomic mass is 35.5. The van der Waals surface area contributed by atoms with Crippen molar-refractivity contribution < 1.29 is 14.3 Å². The van der Waals surface area contributed by atoms with E-state index in [0.29, 0.717) is 18.2 Å². The molecule has 6 heteroatoms. The quantitative estimate of drug-likeness (QED) is 0.811. The van der Waals surface area contributed by atoms with Gasteiger partial charge in [0.2, 0.25) is 5.91 Å². The molecule has 29 heavy (non-hydrogen) atoms. The molecule has 1 fully saturated rings. The number of nitrogens with zero attached hydrogens (tertiary/aromatic N) is 1. The highest BCUT2D eigenvalue weighted by Crippen LogP contribution is 2.41. The molecule has 2 unspecified atom stereocenters. The number of hydrogen-bond donors (Lipinski definition) is 1. The summed E-state index contributed by atoms with van der Waals surface area (Å²) >= 11 is 0. The number of benzene rings is 2. The summed E-state index contributed by atoms with van der Waals surface area (Å²) in [7, 11) is 3.31. The number of ether oxygens (including phenoxy) is 2. The van der Waals surface area contributed by atoms with Crippen LogP contribution in [0.2, 0.25) is 0 Å². The van der Waals surface area contributed by atoms with E-state index in [1.807, 2.05) is 24.3 Å². The Hall–Kier alpha value is -2.24. The van der Waals surface area contributed by atoms with Gasteiger partial charge in [-0.1, -0.05) is 37.3 Å². The fourth-order valence-electron chi connectivity index (χ4n) is 4.31. The molecule has 0 aliphatic carbocycles. The van der Waals surface area contributed by atoms with Gasteiger partial charge in [0.15, 0.2) is 11.5 Å². The highest BCUT2D eigenvalue weighted by molar-refractivity contribution is 5.85. The first-order valence-corrected chi connectivity index (χ1v) is 9.95. The van der Waals surface area contributed by atoms with Gasteiger partial charge in [-0.25, -0.2) is 0 Å². The maximum absolute atomic E-state index is 13.4. The van der Waals surface area contributed by atoms with Crippen molar-refractivity contribution in [2.45, 2.75) is 19.4 Å². The first-order chi connectivity index (χ1) is 13.6. The lowest BCUT2D eigenvalue weighted by Crippen LogP contribution is -2.52. The second kappa shape index (κ2) is 9.06. The zero-order chi connectivity index (χ0) is 19.7. The molecular formula is C23H29ClN2O3. The summed E-state index contributed by atoms with van der Waals surface area (Å²) in [5.74, 6) is 2.13. The van der Waals surface area contributed by atoms with Crippen LogP contribution in [0.3, 0.4) is 0 Å². The van der Waals surface area contributed by atoms with Crippen LogP contribution in [0.15, 0.2) is 42.5 Å². The van der Waals surface area contributed by atoms with Crippen molar-refractivity contribution in [1.29, 1.82) is 0 Å². The molecule has 1 N–H and O–H groups in total. The summed E-state index contributed by atoms with van der Waals surface area (Å²) in [6.07, 6.45) is 0.820. The summed E-state index contributed by atoms with van der Waals surface area (Å²) in [6, 6.07) is 14.3. The van der Waals surface area contributed by atoms with E-state index in [4.69, 9.17) is 9.47 Å². The van der Waals surface area contributed by atoms with Gasteiger partial charge < -0.3 is 19.7 Å². The van der Waals surface area contributed by atoms with E-state index in [9.17, 15) is 4.79 Å². The van der Waals surface area contributed by atoms with E-state index >= 15 is 0 Å². The third-order valence-corrected chi connectivity index (χ3v) is 6.18. The second-order valence-corrected chi connectivity index (χ2v) is 7.71. The van der Waals surface area contributed by atoms with Crippen molar-refractivity contribution in [2.75, 3.05) is 33.9 Å². The van der Waals surface area contributed by atoms with Crippen LogP contribution < -0.4 is 14.8 Å². The van der Waals surface area contributed by atoms with Gasteiger partial charge in [0.25, 0.3) is 0 Å². The van der Waals surface area contributed by atoms with E-state index in [0.717, 1.165) is 36.4 Å². The Morgan fingerprint density at radius 3 is 2.34 bits per heavy atom. The molecule has 2 aliphatic rings. The molecule has 1 amide bonds. The van der Waals surface area contributed by atoms with Gasteiger partial charge >= 0.3 is 0 Å². The lowest BCUT2D eigenvalue weighted by atomic mass is 9.83. The van der Waals surface area contributed by atoms with Crippen molar-refractivity contribution in [2.24, 2.45) is 11.8 Å².